The monoisotopic (exact) mass is 206 g/mol. The highest BCUT2D eigenvalue weighted by molar-refractivity contribution is 7.92. The Morgan fingerprint density at radius 3 is 2.23 bits per heavy atom. The van der Waals surface area contributed by atoms with Crippen LogP contribution in [0.1, 0.15) is 33.6 Å². The minimum absolute atomic E-state index is 0.120. The SMILES string of the molecule is CCCS(=O)(=O)CC(=O)C(C)CC. The van der Waals surface area contributed by atoms with Gasteiger partial charge in [-0.2, -0.15) is 0 Å². The minimum atomic E-state index is -3.14. The van der Waals surface area contributed by atoms with Gasteiger partial charge in [-0.15, -0.1) is 0 Å². The van der Waals surface area contributed by atoms with Gasteiger partial charge in [0.1, 0.15) is 5.75 Å². The van der Waals surface area contributed by atoms with E-state index in [1.165, 1.54) is 0 Å². The fraction of sp³-hybridized carbons (Fsp3) is 0.889. The highest BCUT2D eigenvalue weighted by Gasteiger charge is 2.19. The van der Waals surface area contributed by atoms with Crippen LogP contribution in [0.25, 0.3) is 0 Å². The highest BCUT2D eigenvalue weighted by Crippen LogP contribution is 2.05. The lowest BCUT2D eigenvalue weighted by molar-refractivity contribution is -0.119. The Bertz CT molecular complexity index is 254. The number of hydrogen-bond donors (Lipinski definition) is 0. The molecule has 0 N–H and O–H groups in total. The van der Waals surface area contributed by atoms with Gasteiger partial charge in [0.15, 0.2) is 15.6 Å². The predicted octanol–water partition coefficient (Wildman–Crippen LogP) is 1.43. The van der Waals surface area contributed by atoms with Crippen LogP contribution in [0.2, 0.25) is 0 Å². The van der Waals surface area contributed by atoms with E-state index in [9.17, 15) is 13.2 Å². The van der Waals surface area contributed by atoms with Crippen LogP contribution < -0.4 is 0 Å². The molecule has 0 radical (unpaired) electrons. The first-order valence-electron chi connectivity index (χ1n) is 4.66. The van der Waals surface area contributed by atoms with E-state index in [1.54, 1.807) is 13.8 Å². The second-order valence-corrected chi connectivity index (χ2v) is 5.55. The molecule has 13 heavy (non-hydrogen) atoms. The summed E-state index contributed by atoms with van der Waals surface area (Å²) in [6.45, 7) is 5.45. The van der Waals surface area contributed by atoms with Gasteiger partial charge in [0.2, 0.25) is 0 Å². The van der Waals surface area contributed by atoms with Crippen molar-refractivity contribution in [3.05, 3.63) is 0 Å². The second-order valence-electron chi connectivity index (χ2n) is 3.37. The van der Waals surface area contributed by atoms with E-state index in [0.29, 0.717) is 12.8 Å². The molecular formula is C9H18O3S. The molecule has 1 unspecified atom stereocenters. The van der Waals surface area contributed by atoms with Crippen molar-refractivity contribution >= 4 is 15.6 Å². The Kier molecular flexibility index (Phi) is 5.21. The zero-order valence-corrected chi connectivity index (χ0v) is 9.36. The van der Waals surface area contributed by atoms with Gasteiger partial charge in [-0.25, -0.2) is 8.42 Å². The number of ketones is 1. The molecule has 0 aromatic heterocycles. The van der Waals surface area contributed by atoms with Crippen LogP contribution in [-0.2, 0) is 14.6 Å². The first-order chi connectivity index (χ1) is 5.93. The molecule has 1 atom stereocenters. The number of Topliss-reactive ketones (excluding diaryl/α,β-unsaturated/α-hetero) is 1. The summed E-state index contributed by atoms with van der Waals surface area (Å²) < 4.78 is 22.5. The Hall–Kier alpha value is -0.380. The summed E-state index contributed by atoms with van der Waals surface area (Å²) in [5.74, 6) is -0.451. The van der Waals surface area contributed by atoms with Gasteiger partial charge in [0.25, 0.3) is 0 Å². The normalized spacial score (nSPS) is 14.1. The zero-order chi connectivity index (χ0) is 10.5. The van der Waals surface area contributed by atoms with E-state index < -0.39 is 9.84 Å². The topological polar surface area (TPSA) is 51.2 Å². The van der Waals surface area contributed by atoms with E-state index in [2.05, 4.69) is 0 Å². The zero-order valence-electron chi connectivity index (χ0n) is 8.54. The molecule has 0 fully saturated rings. The predicted molar refractivity (Wildman–Crippen MR) is 53.4 cm³/mol. The number of rotatable bonds is 6. The molecular weight excluding hydrogens is 188 g/mol. The van der Waals surface area contributed by atoms with E-state index in [0.717, 1.165) is 0 Å². The third kappa shape index (κ3) is 5.03. The van der Waals surface area contributed by atoms with Gasteiger partial charge < -0.3 is 0 Å². The van der Waals surface area contributed by atoms with Crippen molar-refractivity contribution in [2.45, 2.75) is 33.6 Å². The largest absolute Gasteiger partial charge is 0.298 e. The second kappa shape index (κ2) is 5.37. The Labute approximate surface area is 80.4 Å². The van der Waals surface area contributed by atoms with Crippen LogP contribution in [0.15, 0.2) is 0 Å². The summed E-state index contributed by atoms with van der Waals surface area (Å²) in [5.41, 5.74) is 0. The summed E-state index contributed by atoms with van der Waals surface area (Å²) in [4.78, 5) is 11.3. The van der Waals surface area contributed by atoms with Crippen LogP contribution in [0.3, 0.4) is 0 Å². The maximum Gasteiger partial charge on any atom is 0.157 e. The average Bonchev–Trinajstić information content (AvgIpc) is 2.01. The third-order valence-corrected chi connectivity index (χ3v) is 3.79. The third-order valence-electron chi connectivity index (χ3n) is 2.04. The molecule has 0 spiro atoms. The molecule has 78 valence electrons. The minimum Gasteiger partial charge on any atom is -0.298 e. The molecule has 0 aliphatic carbocycles. The van der Waals surface area contributed by atoms with Gasteiger partial charge in [0, 0.05) is 5.92 Å². The van der Waals surface area contributed by atoms with Crippen molar-refractivity contribution in [3.63, 3.8) is 0 Å². The first kappa shape index (κ1) is 12.6. The van der Waals surface area contributed by atoms with Crippen molar-refractivity contribution in [2.24, 2.45) is 5.92 Å². The quantitative estimate of drug-likeness (QED) is 0.660. The summed E-state index contributed by atoms with van der Waals surface area (Å²) in [6.07, 6.45) is 1.29. The van der Waals surface area contributed by atoms with Crippen molar-refractivity contribution in [2.75, 3.05) is 11.5 Å². The molecule has 0 amide bonds. The van der Waals surface area contributed by atoms with E-state index in [-0.39, 0.29) is 23.2 Å². The van der Waals surface area contributed by atoms with Crippen LogP contribution in [0.5, 0.6) is 0 Å². The number of carbonyl (C=O) groups excluding carboxylic acids is 1. The Balaban J connectivity index is 4.20. The summed E-state index contributed by atoms with van der Waals surface area (Å²) >= 11 is 0. The van der Waals surface area contributed by atoms with Gasteiger partial charge in [0.05, 0.1) is 5.75 Å². The molecule has 3 nitrogen and oxygen atoms in total. The van der Waals surface area contributed by atoms with Crippen LogP contribution in [0.4, 0.5) is 0 Å². The lowest BCUT2D eigenvalue weighted by Gasteiger charge is -2.07. The maximum absolute atomic E-state index is 11.3. The molecule has 0 aliphatic rings. The van der Waals surface area contributed by atoms with Crippen molar-refractivity contribution in [1.82, 2.24) is 0 Å². The van der Waals surface area contributed by atoms with Gasteiger partial charge >= 0.3 is 0 Å². The fourth-order valence-corrected chi connectivity index (χ4v) is 2.45. The number of sulfone groups is 1. The molecule has 0 aromatic rings. The van der Waals surface area contributed by atoms with Crippen LogP contribution >= 0.6 is 0 Å². The van der Waals surface area contributed by atoms with Gasteiger partial charge in [-0.3, -0.25) is 4.79 Å². The van der Waals surface area contributed by atoms with Crippen molar-refractivity contribution < 1.29 is 13.2 Å². The summed E-state index contributed by atoms with van der Waals surface area (Å²) in [7, 11) is -3.14. The average molecular weight is 206 g/mol. The molecule has 0 bridgehead atoms. The van der Waals surface area contributed by atoms with Crippen molar-refractivity contribution in [1.29, 1.82) is 0 Å². The molecule has 0 saturated carbocycles. The van der Waals surface area contributed by atoms with E-state index >= 15 is 0 Å². The standard InChI is InChI=1S/C9H18O3S/c1-4-6-13(11,12)7-9(10)8(3)5-2/h8H,4-7H2,1-3H3. The number of carbonyl (C=O) groups is 1. The van der Waals surface area contributed by atoms with Crippen LogP contribution in [0, 0.1) is 5.92 Å². The first-order valence-corrected chi connectivity index (χ1v) is 6.48. The molecule has 0 rings (SSSR count). The lowest BCUT2D eigenvalue weighted by Crippen LogP contribution is -2.23. The van der Waals surface area contributed by atoms with E-state index in [1.807, 2.05) is 6.92 Å². The van der Waals surface area contributed by atoms with Crippen LogP contribution in [-0.4, -0.2) is 25.7 Å². The van der Waals surface area contributed by atoms with Crippen molar-refractivity contribution in [3.8, 4) is 0 Å². The highest BCUT2D eigenvalue weighted by atomic mass is 32.2. The molecule has 0 saturated heterocycles. The lowest BCUT2D eigenvalue weighted by atomic mass is 10.1. The smallest absolute Gasteiger partial charge is 0.157 e. The Morgan fingerprint density at radius 2 is 1.85 bits per heavy atom. The molecule has 0 aromatic carbocycles. The summed E-state index contributed by atoms with van der Waals surface area (Å²) in [6, 6.07) is 0. The fourth-order valence-electron chi connectivity index (χ4n) is 0.970. The Morgan fingerprint density at radius 1 is 1.31 bits per heavy atom. The molecule has 0 aliphatic heterocycles. The van der Waals surface area contributed by atoms with Gasteiger partial charge in [-0.1, -0.05) is 20.8 Å². The number of hydrogen-bond acceptors (Lipinski definition) is 3. The van der Waals surface area contributed by atoms with E-state index in [4.69, 9.17) is 0 Å². The summed E-state index contributed by atoms with van der Waals surface area (Å²) in [5, 5.41) is 0. The molecule has 4 heteroatoms. The maximum atomic E-state index is 11.3. The van der Waals surface area contributed by atoms with Gasteiger partial charge in [-0.05, 0) is 12.8 Å². The molecule has 0 heterocycles.